The number of amides is 1. The molecule has 0 bridgehead atoms. The largest absolute Gasteiger partial charge is 0.355 e. The van der Waals surface area contributed by atoms with Crippen molar-refractivity contribution < 1.29 is 9.59 Å². The molecule has 190 valence electrons. The topological polar surface area (TPSA) is 72.2 Å². The molecule has 0 aromatic carbocycles. The third kappa shape index (κ3) is 22.6. The minimum Gasteiger partial charge on any atom is -0.355 e. The molecule has 32 heavy (non-hydrogen) atoms. The van der Waals surface area contributed by atoms with Crippen LogP contribution >= 0.6 is 11.8 Å². The first-order chi connectivity index (χ1) is 15.6. The van der Waals surface area contributed by atoms with Gasteiger partial charge >= 0.3 is 0 Å². The lowest BCUT2D eigenvalue weighted by Gasteiger charge is -2.11. The van der Waals surface area contributed by atoms with Crippen LogP contribution in [0.3, 0.4) is 0 Å². The van der Waals surface area contributed by atoms with Crippen LogP contribution in [0.2, 0.25) is 0 Å². The highest BCUT2D eigenvalue weighted by Crippen LogP contribution is 2.15. The van der Waals surface area contributed by atoms with E-state index in [1.165, 1.54) is 108 Å². The molecule has 0 heterocycles. The van der Waals surface area contributed by atoms with Crippen LogP contribution in [-0.2, 0) is 9.59 Å². The fourth-order valence-electron chi connectivity index (χ4n) is 3.87. The minimum absolute atomic E-state index is 0.125. The van der Waals surface area contributed by atoms with E-state index in [0.29, 0.717) is 18.7 Å². The molecule has 0 aliphatic carbocycles. The number of carbonyl (C=O) groups excluding carboxylic acids is 2. The van der Waals surface area contributed by atoms with Crippen LogP contribution in [0.4, 0.5) is 0 Å². The van der Waals surface area contributed by atoms with Crippen molar-refractivity contribution in [1.29, 1.82) is 0 Å². The number of hydrogen-bond acceptors (Lipinski definition) is 4. The Morgan fingerprint density at radius 3 is 1.53 bits per heavy atom. The molecule has 0 saturated heterocycles. The summed E-state index contributed by atoms with van der Waals surface area (Å²) in [4.78, 5) is 24.0. The summed E-state index contributed by atoms with van der Waals surface area (Å²) >= 11 is 1.23. The summed E-state index contributed by atoms with van der Waals surface area (Å²) < 4.78 is 0. The van der Waals surface area contributed by atoms with Crippen molar-refractivity contribution in [3.63, 3.8) is 0 Å². The number of thioether (sulfide) groups is 1. The van der Waals surface area contributed by atoms with Crippen molar-refractivity contribution in [2.45, 2.75) is 148 Å². The third-order valence-electron chi connectivity index (χ3n) is 6.07. The molecule has 0 spiro atoms. The normalized spacial score (nSPS) is 12.1. The molecule has 1 amide bonds. The van der Waals surface area contributed by atoms with Gasteiger partial charge in [0.15, 0.2) is 5.12 Å². The van der Waals surface area contributed by atoms with Crippen LogP contribution in [0.1, 0.15) is 142 Å². The van der Waals surface area contributed by atoms with Gasteiger partial charge in [-0.3, -0.25) is 9.59 Å². The van der Waals surface area contributed by atoms with Gasteiger partial charge in [-0.25, -0.2) is 0 Å². The van der Waals surface area contributed by atoms with E-state index in [2.05, 4.69) is 19.2 Å². The summed E-state index contributed by atoms with van der Waals surface area (Å²) in [6.07, 6.45) is 24.9. The van der Waals surface area contributed by atoms with E-state index in [4.69, 9.17) is 5.73 Å². The van der Waals surface area contributed by atoms with Crippen LogP contribution in [-0.4, -0.2) is 29.4 Å². The Kier molecular flexibility index (Phi) is 24.6. The lowest BCUT2D eigenvalue weighted by Crippen LogP contribution is -2.42. The quantitative estimate of drug-likeness (QED) is 0.143. The number of unbranched alkanes of at least 4 members (excludes halogenated alkanes) is 17. The SMILES string of the molecule is CCCCCCCCCCCCCCCC(=O)SC[C@H](N)C(=O)NCCCCCCCC. The van der Waals surface area contributed by atoms with Crippen LogP contribution in [0.25, 0.3) is 0 Å². The van der Waals surface area contributed by atoms with E-state index in [-0.39, 0.29) is 11.0 Å². The highest BCUT2D eigenvalue weighted by molar-refractivity contribution is 8.13. The van der Waals surface area contributed by atoms with Crippen molar-refractivity contribution in [3.8, 4) is 0 Å². The second-order valence-corrected chi connectivity index (χ2v) is 10.4. The fraction of sp³-hybridized carbons (Fsp3) is 0.926. The van der Waals surface area contributed by atoms with Crippen molar-refractivity contribution >= 4 is 22.8 Å². The summed E-state index contributed by atoms with van der Waals surface area (Å²) in [6.45, 7) is 5.17. The summed E-state index contributed by atoms with van der Waals surface area (Å²) in [5, 5.41) is 3.08. The van der Waals surface area contributed by atoms with Gasteiger partial charge < -0.3 is 11.1 Å². The van der Waals surface area contributed by atoms with Gasteiger partial charge in [0.05, 0.1) is 6.04 Å². The molecule has 0 fully saturated rings. The molecule has 0 unspecified atom stereocenters. The van der Waals surface area contributed by atoms with Crippen molar-refractivity contribution in [1.82, 2.24) is 5.32 Å². The second-order valence-electron chi connectivity index (χ2n) is 9.34. The zero-order valence-corrected chi connectivity index (χ0v) is 22.3. The third-order valence-corrected chi connectivity index (χ3v) is 7.13. The van der Waals surface area contributed by atoms with Crippen molar-refractivity contribution in [3.05, 3.63) is 0 Å². The maximum Gasteiger partial charge on any atom is 0.237 e. The summed E-state index contributed by atoms with van der Waals surface area (Å²) in [5.41, 5.74) is 5.94. The number of nitrogens with one attached hydrogen (secondary N) is 1. The fourth-order valence-corrected chi connectivity index (χ4v) is 4.67. The first-order valence-corrected chi connectivity index (χ1v) is 14.8. The Morgan fingerprint density at radius 1 is 0.656 bits per heavy atom. The lowest BCUT2D eigenvalue weighted by molar-refractivity contribution is -0.121. The van der Waals surface area contributed by atoms with Crippen molar-refractivity contribution in [2.75, 3.05) is 12.3 Å². The first-order valence-electron chi connectivity index (χ1n) is 13.8. The Labute approximate surface area is 204 Å². The molecular weight excluding hydrogens is 416 g/mol. The van der Waals surface area contributed by atoms with E-state index in [9.17, 15) is 9.59 Å². The number of rotatable bonds is 24. The summed E-state index contributed by atoms with van der Waals surface area (Å²) in [5.74, 6) is 0.263. The predicted octanol–water partition coefficient (Wildman–Crippen LogP) is 7.53. The molecule has 5 heteroatoms. The van der Waals surface area contributed by atoms with Gasteiger partial charge in [-0.15, -0.1) is 0 Å². The maximum atomic E-state index is 12.0. The molecule has 4 nitrogen and oxygen atoms in total. The smallest absolute Gasteiger partial charge is 0.237 e. The average Bonchev–Trinajstić information content (AvgIpc) is 2.79. The Bertz CT molecular complexity index is 432. The Hall–Kier alpha value is -0.550. The molecule has 3 N–H and O–H groups in total. The number of nitrogens with two attached hydrogens (primary N) is 1. The summed E-state index contributed by atoms with van der Waals surface area (Å²) in [7, 11) is 0. The second kappa shape index (κ2) is 25.1. The van der Waals surface area contributed by atoms with Crippen LogP contribution < -0.4 is 11.1 Å². The maximum absolute atomic E-state index is 12.0. The first kappa shape index (κ1) is 31.4. The van der Waals surface area contributed by atoms with E-state index < -0.39 is 6.04 Å². The van der Waals surface area contributed by atoms with E-state index >= 15 is 0 Å². The molecule has 0 radical (unpaired) electrons. The highest BCUT2D eigenvalue weighted by atomic mass is 32.2. The van der Waals surface area contributed by atoms with Gasteiger partial charge in [0, 0.05) is 18.7 Å². The van der Waals surface area contributed by atoms with Gasteiger partial charge in [-0.1, -0.05) is 135 Å². The van der Waals surface area contributed by atoms with Gasteiger partial charge in [-0.2, -0.15) is 0 Å². The molecule has 1 atom stereocenters. The van der Waals surface area contributed by atoms with Gasteiger partial charge in [-0.05, 0) is 12.8 Å². The minimum atomic E-state index is -0.587. The van der Waals surface area contributed by atoms with Crippen molar-refractivity contribution in [2.24, 2.45) is 5.73 Å². The molecule has 0 saturated carbocycles. The number of hydrogen-bond donors (Lipinski definition) is 2. The molecule has 0 aromatic rings. The molecule has 0 aliphatic heterocycles. The highest BCUT2D eigenvalue weighted by Gasteiger charge is 2.15. The molecule has 0 aromatic heterocycles. The van der Waals surface area contributed by atoms with Gasteiger partial charge in [0.1, 0.15) is 0 Å². The molecule has 0 aliphatic rings. The van der Waals surface area contributed by atoms with Gasteiger partial charge in [0.25, 0.3) is 0 Å². The van der Waals surface area contributed by atoms with Crippen LogP contribution in [0.5, 0.6) is 0 Å². The monoisotopic (exact) mass is 470 g/mol. The van der Waals surface area contributed by atoms with E-state index in [1.54, 1.807) is 0 Å². The Morgan fingerprint density at radius 2 is 1.06 bits per heavy atom. The average molecular weight is 471 g/mol. The molecular formula is C27H54N2O2S. The standard InChI is InChI=1S/C27H54N2O2S/c1-3-5-7-9-11-12-13-14-15-16-17-18-20-22-26(30)32-24-25(28)27(31)29-23-21-19-10-8-6-4-2/h25H,3-24,28H2,1-2H3,(H,29,31)/t25-/m0/s1. The van der Waals surface area contributed by atoms with Gasteiger partial charge in [0.2, 0.25) is 5.91 Å². The predicted molar refractivity (Wildman–Crippen MR) is 142 cm³/mol. The number of carbonyl (C=O) groups is 2. The summed E-state index contributed by atoms with van der Waals surface area (Å²) in [6, 6.07) is -0.587. The lowest BCUT2D eigenvalue weighted by atomic mass is 10.0. The van der Waals surface area contributed by atoms with E-state index in [1.807, 2.05) is 0 Å². The van der Waals surface area contributed by atoms with Crippen LogP contribution in [0.15, 0.2) is 0 Å². The molecule has 0 rings (SSSR count). The zero-order valence-electron chi connectivity index (χ0n) is 21.4. The van der Waals surface area contributed by atoms with E-state index in [0.717, 1.165) is 25.7 Å². The zero-order chi connectivity index (χ0) is 23.7. The Balaban J connectivity index is 3.43. The van der Waals surface area contributed by atoms with Crippen LogP contribution in [0, 0.1) is 0 Å².